The highest BCUT2D eigenvalue weighted by Crippen LogP contribution is 2.36. The second-order valence-corrected chi connectivity index (χ2v) is 10.0. The fraction of sp³-hybridized carbons (Fsp3) is 0.357. The molecule has 0 radical (unpaired) electrons. The van der Waals surface area contributed by atoms with E-state index in [2.05, 4.69) is 10.2 Å². The molecule has 0 saturated heterocycles. The summed E-state index contributed by atoms with van der Waals surface area (Å²) in [5, 5.41) is 23.1. The van der Waals surface area contributed by atoms with Gasteiger partial charge < -0.3 is 32.5 Å². The molecule has 8 nitrogen and oxygen atoms in total. The fourth-order valence-corrected chi connectivity index (χ4v) is 5.61. The summed E-state index contributed by atoms with van der Waals surface area (Å²) in [5.74, 6) is 0.00489. The van der Waals surface area contributed by atoms with Crippen LogP contribution in [0.25, 0.3) is 10.8 Å². The summed E-state index contributed by atoms with van der Waals surface area (Å²) in [6.45, 7) is 0.490. The first-order valence-corrected chi connectivity index (χ1v) is 12.6. The SMILES string of the molecule is N=C(N)c1ccc2c(c1)N(Cc1ccc(C(N)O)c3ccccc13)C(C(=O)N[C@H]1CC[C@H](N)CC1)C2. The van der Waals surface area contributed by atoms with E-state index in [0.29, 0.717) is 24.1 Å². The van der Waals surface area contributed by atoms with E-state index in [9.17, 15) is 9.90 Å². The smallest absolute Gasteiger partial charge is 0.243 e. The van der Waals surface area contributed by atoms with E-state index in [0.717, 1.165) is 53.3 Å². The molecule has 1 heterocycles. The minimum Gasteiger partial charge on any atom is -0.384 e. The predicted molar refractivity (Wildman–Crippen MR) is 143 cm³/mol. The van der Waals surface area contributed by atoms with Crippen molar-refractivity contribution < 1.29 is 9.90 Å². The molecule has 1 saturated carbocycles. The van der Waals surface area contributed by atoms with Gasteiger partial charge in [-0.05, 0) is 53.6 Å². The number of carbonyl (C=O) groups is 1. The number of nitrogens with zero attached hydrogens (tertiary/aromatic N) is 1. The molecule has 1 aliphatic heterocycles. The largest absolute Gasteiger partial charge is 0.384 e. The van der Waals surface area contributed by atoms with Gasteiger partial charge in [-0.3, -0.25) is 10.2 Å². The zero-order chi connectivity index (χ0) is 25.4. The molecule has 0 spiro atoms. The Morgan fingerprint density at radius 1 is 1.08 bits per heavy atom. The number of hydrogen-bond donors (Lipinski definition) is 6. The summed E-state index contributed by atoms with van der Waals surface area (Å²) < 4.78 is 0. The van der Waals surface area contributed by atoms with E-state index in [1.54, 1.807) is 0 Å². The van der Waals surface area contributed by atoms with Crippen LogP contribution in [-0.2, 0) is 17.8 Å². The highest BCUT2D eigenvalue weighted by molar-refractivity contribution is 5.97. The van der Waals surface area contributed by atoms with Crippen LogP contribution in [0, 0.1) is 5.41 Å². The quantitative estimate of drug-likeness (QED) is 0.179. The second kappa shape index (κ2) is 9.89. The Bertz CT molecular complexity index is 1300. The normalized spacial score (nSPS) is 22.3. The number of rotatable bonds is 6. The second-order valence-electron chi connectivity index (χ2n) is 10.0. The van der Waals surface area contributed by atoms with Crippen LogP contribution < -0.4 is 27.4 Å². The number of nitrogens with one attached hydrogen (secondary N) is 2. The first kappa shape index (κ1) is 24.2. The lowest BCUT2D eigenvalue weighted by atomic mass is 9.91. The molecular formula is C28H34N6O2. The van der Waals surface area contributed by atoms with Crippen molar-refractivity contribution in [2.24, 2.45) is 17.2 Å². The van der Waals surface area contributed by atoms with Crippen LogP contribution in [0.3, 0.4) is 0 Å². The Balaban J connectivity index is 1.50. The fourth-order valence-electron chi connectivity index (χ4n) is 5.61. The van der Waals surface area contributed by atoms with E-state index >= 15 is 0 Å². The molecule has 8 heteroatoms. The molecule has 9 N–H and O–H groups in total. The number of aliphatic hydroxyl groups excluding tert-OH is 1. The van der Waals surface area contributed by atoms with Crippen molar-refractivity contribution in [2.75, 3.05) is 4.90 Å². The first-order valence-electron chi connectivity index (χ1n) is 12.6. The van der Waals surface area contributed by atoms with E-state index in [-0.39, 0.29) is 29.9 Å². The minimum absolute atomic E-state index is 0.00377. The van der Waals surface area contributed by atoms with Gasteiger partial charge in [-0.15, -0.1) is 0 Å². The maximum atomic E-state index is 13.6. The summed E-state index contributed by atoms with van der Waals surface area (Å²) in [7, 11) is 0. The van der Waals surface area contributed by atoms with E-state index in [1.807, 2.05) is 54.6 Å². The third-order valence-corrected chi connectivity index (χ3v) is 7.62. The zero-order valence-corrected chi connectivity index (χ0v) is 20.3. The lowest BCUT2D eigenvalue weighted by Gasteiger charge is -2.31. The van der Waals surface area contributed by atoms with Crippen LogP contribution in [0.2, 0.25) is 0 Å². The Morgan fingerprint density at radius 3 is 2.50 bits per heavy atom. The summed E-state index contributed by atoms with van der Waals surface area (Å²) in [5.41, 5.74) is 22.0. The summed E-state index contributed by atoms with van der Waals surface area (Å²) in [6.07, 6.45) is 3.16. The number of amidine groups is 1. The van der Waals surface area contributed by atoms with E-state index < -0.39 is 6.23 Å². The zero-order valence-electron chi connectivity index (χ0n) is 20.3. The van der Waals surface area contributed by atoms with Crippen molar-refractivity contribution in [1.29, 1.82) is 5.41 Å². The third kappa shape index (κ3) is 4.67. The van der Waals surface area contributed by atoms with Gasteiger partial charge in [-0.2, -0.15) is 0 Å². The molecule has 188 valence electrons. The lowest BCUT2D eigenvalue weighted by molar-refractivity contribution is -0.123. The number of aliphatic hydroxyl groups is 1. The van der Waals surface area contributed by atoms with Gasteiger partial charge in [0.2, 0.25) is 5.91 Å². The highest BCUT2D eigenvalue weighted by atomic mass is 16.3. The van der Waals surface area contributed by atoms with Gasteiger partial charge in [0.1, 0.15) is 18.1 Å². The van der Waals surface area contributed by atoms with Gasteiger partial charge in [0.15, 0.2) is 0 Å². The number of fused-ring (bicyclic) bond motifs is 2. The Kier molecular flexibility index (Phi) is 6.66. The van der Waals surface area contributed by atoms with Crippen molar-refractivity contribution in [3.8, 4) is 0 Å². The Labute approximate surface area is 211 Å². The number of hydrogen-bond acceptors (Lipinski definition) is 6. The molecule has 1 fully saturated rings. The Morgan fingerprint density at radius 2 is 1.81 bits per heavy atom. The van der Waals surface area contributed by atoms with Crippen molar-refractivity contribution in [1.82, 2.24) is 5.32 Å². The molecule has 1 aliphatic carbocycles. The third-order valence-electron chi connectivity index (χ3n) is 7.62. The molecule has 2 aliphatic rings. The van der Waals surface area contributed by atoms with Crippen LogP contribution in [0.5, 0.6) is 0 Å². The number of amides is 1. The number of carbonyl (C=O) groups excluding carboxylic acids is 1. The minimum atomic E-state index is -1.07. The topological polar surface area (TPSA) is 154 Å². The van der Waals surface area contributed by atoms with Gasteiger partial charge in [-0.25, -0.2) is 0 Å². The lowest BCUT2D eigenvalue weighted by Crippen LogP contribution is -2.49. The summed E-state index contributed by atoms with van der Waals surface area (Å²) in [6, 6.07) is 17.4. The summed E-state index contributed by atoms with van der Waals surface area (Å²) >= 11 is 0. The van der Waals surface area contributed by atoms with Crippen molar-refractivity contribution in [3.05, 3.63) is 76.9 Å². The number of nitrogen functional groups attached to an aromatic ring is 1. The van der Waals surface area contributed by atoms with Crippen LogP contribution in [-0.4, -0.2) is 35.0 Å². The van der Waals surface area contributed by atoms with Gasteiger partial charge in [0.25, 0.3) is 0 Å². The van der Waals surface area contributed by atoms with Crippen molar-refractivity contribution >= 4 is 28.2 Å². The monoisotopic (exact) mass is 486 g/mol. The van der Waals surface area contributed by atoms with Crippen molar-refractivity contribution in [2.45, 2.75) is 63.0 Å². The van der Waals surface area contributed by atoms with E-state index in [1.165, 1.54) is 0 Å². The van der Waals surface area contributed by atoms with Crippen LogP contribution in [0.1, 0.15) is 54.2 Å². The number of benzene rings is 3. The molecule has 5 rings (SSSR count). The van der Waals surface area contributed by atoms with Gasteiger partial charge in [0.05, 0.1) is 0 Å². The standard InChI is InChI=1S/C28H34N6O2/c29-19-8-10-20(11-9-19)33-28(36)25-13-16-5-6-17(26(30)31)14-24(16)34(25)15-18-7-12-23(27(32)35)22-4-2-1-3-21(18)22/h1-7,12,14,19-20,25,27,35H,8-11,13,15,29,32H2,(H3,30,31)(H,33,36)/t19-,20-,25?,27?. The van der Waals surface area contributed by atoms with Gasteiger partial charge in [-0.1, -0.05) is 48.5 Å². The van der Waals surface area contributed by atoms with Crippen molar-refractivity contribution in [3.63, 3.8) is 0 Å². The average Bonchev–Trinajstić information content (AvgIpc) is 3.23. The molecule has 2 atom stereocenters. The maximum Gasteiger partial charge on any atom is 0.243 e. The molecule has 36 heavy (non-hydrogen) atoms. The molecule has 3 aromatic carbocycles. The molecule has 0 bridgehead atoms. The maximum absolute atomic E-state index is 13.6. The van der Waals surface area contributed by atoms with Gasteiger partial charge in [0, 0.05) is 41.9 Å². The highest BCUT2D eigenvalue weighted by Gasteiger charge is 2.36. The Hall–Kier alpha value is -3.46. The number of nitrogens with two attached hydrogens (primary N) is 3. The van der Waals surface area contributed by atoms with Crippen LogP contribution in [0.15, 0.2) is 54.6 Å². The molecule has 2 unspecified atom stereocenters. The predicted octanol–water partition coefficient (Wildman–Crippen LogP) is 2.39. The summed E-state index contributed by atoms with van der Waals surface area (Å²) in [4.78, 5) is 15.7. The average molecular weight is 487 g/mol. The van der Waals surface area contributed by atoms with E-state index in [4.69, 9.17) is 22.6 Å². The molecule has 0 aromatic heterocycles. The number of anilines is 1. The van der Waals surface area contributed by atoms with Crippen LogP contribution in [0.4, 0.5) is 5.69 Å². The molecule has 3 aromatic rings. The molecule has 1 amide bonds. The molecular weight excluding hydrogens is 452 g/mol. The van der Waals surface area contributed by atoms with Gasteiger partial charge >= 0.3 is 0 Å². The van der Waals surface area contributed by atoms with Crippen LogP contribution >= 0.6 is 0 Å². The first-order chi connectivity index (χ1) is 17.3.